The third-order valence-corrected chi connectivity index (χ3v) is 18.0. The maximum absolute atomic E-state index is 16.7. The summed E-state index contributed by atoms with van der Waals surface area (Å²) in [4.78, 5) is 0. The van der Waals surface area contributed by atoms with Crippen LogP contribution in [0.25, 0.3) is 0 Å². The molecule has 4 saturated carbocycles. The molecule has 4 aliphatic carbocycles. The van der Waals surface area contributed by atoms with E-state index in [-0.39, 0.29) is 0 Å². The first-order valence-corrected chi connectivity index (χ1v) is 21.7. The molecule has 9 fully saturated rings. The van der Waals surface area contributed by atoms with Crippen LogP contribution >= 0.6 is 0 Å². The van der Waals surface area contributed by atoms with Crippen molar-refractivity contribution in [3.63, 3.8) is 0 Å². The molecule has 9 aliphatic rings. The van der Waals surface area contributed by atoms with E-state index in [2.05, 4.69) is 42.5 Å². The van der Waals surface area contributed by atoms with Crippen molar-refractivity contribution < 1.29 is 35.1 Å². The smallest absolute Gasteiger partial charge is 0.109 e. The molecule has 9 rings (SSSR count). The number of nitrogens with one attached hydrogen (secondary N) is 8. The summed E-state index contributed by atoms with van der Waals surface area (Å²) in [7, 11) is 0. The minimum absolute atomic E-state index is 0.641. The van der Waals surface area contributed by atoms with E-state index in [1.165, 1.54) is 0 Å². The molecule has 56 heavy (non-hydrogen) atoms. The summed E-state index contributed by atoms with van der Waals surface area (Å²) in [6, 6.07) is 0. The van der Waals surface area contributed by atoms with Crippen molar-refractivity contribution in [1.82, 2.24) is 42.5 Å². The Morgan fingerprint density at radius 3 is 0.375 bits per heavy atom. The van der Waals surface area contributed by atoms with Gasteiger partial charge in [0.1, 0.15) is 49.4 Å². The van der Waals surface area contributed by atoms with Gasteiger partial charge in [0.05, 0.1) is 49.3 Å². The van der Waals surface area contributed by atoms with E-state index >= 15 is 35.1 Å². The maximum Gasteiger partial charge on any atom is 0.109 e. The Bertz CT molecular complexity index is 1150. The fourth-order valence-electron chi connectivity index (χ4n) is 13.8. The molecule has 0 radical (unpaired) electrons. The van der Waals surface area contributed by atoms with Crippen LogP contribution in [0.15, 0.2) is 0 Å². The fourth-order valence-corrected chi connectivity index (χ4v) is 13.8. The van der Waals surface area contributed by atoms with E-state index in [1.807, 2.05) is 0 Å². The van der Waals surface area contributed by atoms with Crippen LogP contribution in [-0.4, -0.2) is 98.7 Å². The van der Waals surface area contributed by atoms with Crippen molar-refractivity contribution in [2.75, 3.05) is 0 Å². The van der Waals surface area contributed by atoms with Gasteiger partial charge in [0.15, 0.2) is 0 Å². The largest absolute Gasteiger partial charge is 0.286 e. The van der Waals surface area contributed by atoms with Crippen LogP contribution < -0.4 is 42.5 Å². The minimum atomic E-state index is -1.46. The summed E-state index contributed by atoms with van der Waals surface area (Å²) in [6.45, 7) is 13.5. The molecule has 320 valence electrons. The molecule has 5 heterocycles. The van der Waals surface area contributed by atoms with Gasteiger partial charge in [-0.3, -0.25) is 42.5 Å². The van der Waals surface area contributed by atoms with Gasteiger partial charge in [-0.25, -0.2) is 35.1 Å². The third kappa shape index (κ3) is 5.70. The first kappa shape index (κ1) is 40.5. The van der Waals surface area contributed by atoms with E-state index in [0.29, 0.717) is 0 Å². The van der Waals surface area contributed by atoms with Crippen molar-refractivity contribution in [3.05, 3.63) is 0 Å². The van der Waals surface area contributed by atoms with Gasteiger partial charge in [0, 0.05) is 47.3 Å². The first-order valence-electron chi connectivity index (χ1n) is 21.7. The van der Waals surface area contributed by atoms with Gasteiger partial charge in [-0.15, -0.1) is 0 Å². The topological polar surface area (TPSA) is 96.2 Å². The molecule has 0 aromatic carbocycles. The zero-order valence-electron chi connectivity index (χ0n) is 33.5. The minimum Gasteiger partial charge on any atom is -0.286 e. The maximum atomic E-state index is 16.7. The van der Waals surface area contributed by atoms with Gasteiger partial charge < -0.3 is 0 Å². The molecular formula is C40H64F8N8. The van der Waals surface area contributed by atoms with Crippen LogP contribution in [0.5, 0.6) is 0 Å². The van der Waals surface area contributed by atoms with Crippen LogP contribution in [-0.2, 0) is 0 Å². The molecule has 5 saturated heterocycles. The highest BCUT2D eigenvalue weighted by Gasteiger charge is 2.66. The predicted octanol–water partition coefficient (Wildman–Crippen LogP) is 4.16. The Morgan fingerprint density at radius 2 is 0.286 bits per heavy atom. The van der Waals surface area contributed by atoms with Crippen molar-refractivity contribution in [3.8, 4) is 0 Å². The van der Waals surface area contributed by atoms with Crippen LogP contribution in [0, 0.1) is 94.7 Å². The Balaban J connectivity index is 1.15. The molecule has 8 nitrogen and oxygen atoms in total. The molecule has 0 aromatic heterocycles. The molecule has 16 heteroatoms. The van der Waals surface area contributed by atoms with Crippen LogP contribution in [0.1, 0.15) is 55.4 Å². The Kier molecular flexibility index (Phi) is 10.4. The highest BCUT2D eigenvalue weighted by Crippen LogP contribution is 2.53. The van der Waals surface area contributed by atoms with Crippen LogP contribution in [0.4, 0.5) is 35.1 Å². The molecule has 24 atom stereocenters. The summed E-state index contributed by atoms with van der Waals surface area (Å²) in [5.41, 5.74) is 0. The first-order chi connectivity index (χ1) is 26.4. The second-order valence-electron chi connectivity index (χ2n) is 20.2. The second-order valence-corrected chi connectivity index (χ2v) is 20.2. The number of fused-ring (bicyclic) bond motifs is 20. The monoisotopic (exact) mass is 809 g/mol. The van der Waals surface area contributed by atoms with E-state index in [0.717, 1.165) is 0 Å². The number of rotatable bonds is 0. The normalized spacial score (nSPS) is 66.0. The van der Waals surface area contributed by atoms with E-state index in [1.54, 1.807) is 55.4 Å². The van der Waals surface area contributed by atoms with Gasteiger partial charge in [-0.1, -0.05) is 55.4 Å². The van der Waals surface area contributed by atoms with Crippen molar-refractivity contribution in [1.29, 1.82) is 0 Å². The quantitative estimate of drug-likeness (QED) is 0.173. The summed E-state index contributed by atoms with van der Waals surface area (Å²) >= 11 is 0. The lowest BCUT2D eigenvalue weighted by molar-refractivity contribution is -0.0605. The van der Waals surface area contributed by atoms with E-state index in [9.17, 15) is 0 Å². The lowest BCUT2D eigenvalue weighted by atomic mass is 9.65. The third-order valence-electron chi connectivity index (χ3n) is 18.0. The van der Waals surface area contributed by atoms with E-state index < -0.39 is 193 Å². The number of alkyl halides is 8. The van der Waals surface area contributed by atoms with E-state index in [4.69, 9.17) is 0 Å². The molecule has 8 N–H and O–H groups in total. The SMILES string of the molecule is CC1C(C)C(F)C2C3NC(NC4NC(NC5NC(NC6NC(N3)C3C(F)C(C)C(C)C(F)C63)C3C(F)C(C)C(C)C(F)C53)C3C(F)C(C)C(C)C(F)C43)C2C1F. The van der Waals surface area contributed by atoms with Crippen molar-refractivity contribution in [2.24, 2.45) is 94.7 Å². The average Bonchev–Trinajstić information content (AvgIpc) is 3.92. The Hall–Kier alpha value is -0.880. The highest BCUT2D eigenvalue weighted by molar-refractivity contribution is 5.16. The summed E-state index contributed by atoms with van der Waals surface area (Å²) < 4.78 is 133. The highest BCUT2D eigenvalue weighted by atomic mass is 19.2. The molecule has 24 unspecified atom stereocenters. The van der Waals surface area contributed by atoms with Crippen molar-refractivity contribution in [2.45, 2.75) is 154 Å². The molecule has 0 aromatic rings. The summed E-state index contributed by atoms with van der Waals surface area (Å²) in [6.07, 6.45) is -18.9. The summed E-state index contributed by atoms with van der Waals surface area (Å²) in [5, 5.41) is 27.2. The lowest BCUT2D eigenvalue weighted by Crippen LogP contribution is -2.62. The van der Waals surface area contributed by atoms with Crippen LogP contribution in [0.3, 0.4) is 0 Å². The second kappa shape index (κ2) is 14.4. The molecule has 5 aliphatic heterocycles. The van der Waals surface area contributed by atoms with Crippen molar-refractivity contribution >= 4 is 0 Å². The molecular weight excluding hydrogens is 744 g/mol. The molecule has 0 spiro atoms. The van der Waals surface area contributed by atoms with Gasteiger partial charge >= 0.3 is 0 Å². The summed E-state index contributed by atoms with van der Waals surface area (Å²) in [5.74, 6) is -12.6. The number of hydrogen-bond acceptors (Lipinski definition) is 8. The van der Waals surface area contributed by atoms with Gasteiger partial charge in [0.25, 0.3) is 0 Å². The van der Waals surface area contributed by atoms with Crippen LogP contribution in [0.2, 0.25) is 0 Å². The molecule has 8 bridgehead atoms. The average molecular weight is 809 g/mol. The van der Waals surface area contributed by atoms with Gasteiger partial charge in [-0.2, -0.15) is 0 Å². The number of hydrogen-bond donors (Lipinski definition) is 8. The Morgan fingerprint density at radius 1 is 0.196 bits per heavy atom. The zero-order valence-corrected chi connectivity index (χ0v) is 33.5. The van der Waals surface area contributed by atoms with Gasteiger partial charge in [0.2, 0.25) is 0 Å². The number of halogens is 8. The Labute approximate surface area is 326 Å². The lowest BCUT2D eigenvalue weighted by Gasteiger charge is -2.46. The standard InChI is InChI=1S/C40H64F8N8/c1-9-10(2)26(42)18-17(25(9)41)33-49-34(18)54-36-21-22(30(46)14(6)13(5)29(21)45)38(51-36)56-40-24-23(31(47)15(7)16(8)32(24)48)39(52-40)55-37-20-19(35(50-37)53-33)27(43)11(3)12(4)28(20)44/h9-40,49-56H,1-8H3. The predicted molar refractivity (Wildman–Crippen MR) is 196 cm³/mol. The molecule has 0 amide bonds. The zero-order chi connectivity index (χ0) is 40.1. The van der Waals surface area contributed by atoms with Gasteiger partial charge in [-0.05, 0) is 47.3 Å². The fraction of sp³-hybridized carbons (Fsp3) is 1.00.